The van der Waals surface area contributed by atoms with Gasteiger partial charge in [-0.05, 0) is 31.9 Å². The monoisotopic (exact) mass is 301 g/mol. The van der Waals surface area contributed by atoms with Crippen LogP contribution in [0.1, 0.15) is 38.8 Å². The highest BCUT2D eigenvalue weighted by atomic mass is 19.3. The van der Waals surface area contributed by atoms with Gasteiger partial charge in [0.25, 0.3) is 5.91 Å². The molecule has 0 aliphatic heterocycles. The summed E-state index contributed by atoms with van der Waals surface area (Å²) < 4.78 is 42.8. The Morgan fingerprint density at radius 1 is 1.29 bits per heavy atom. The number of rotatable bonds is 6. The molecule has 0 radical (unpaired) electrons. The molecule has 0 saturated carbocycles. The quantitative estimate of drug-likeness (QED) is 0.803. The zero-order valence-electron chi connectivity index (χ0n) is 12.1. The van der Waals surface area contributed by atoms with Gasteiger partial charge in [0.2, 0.25) is 0 Å². The maximum absolute atomic E-state index is 13.6. The number of para-hydroxylation sites is 1. The Hall–Kier alpha value is -1.98. The number of nitrogens with one attached hydrogen (secondary N) is 1. The highest BCUT2D eigenvalue weighted by Gasteiger charge is 2.20. The second-order valence-corrected chi connectivity index (χ2v) is 4.66. The number of alkyl halides is 2. The third kappa shape index (κ3) is 4.81. The Labute approximate surface area is 121 Å². The van der Waals surface area contributed by atoms with Crippen molar-refractivity contribution in [1.29, 1.82) is 0 Å². The minimum absolute atomic E-state index is 0.0303. The maximum atomic E-state index is 13.6. The van der Waals surface area contributed by atoms with Crippen LogP contribution in [-0.4, -0.2) is 12.5 Å². The average molecular weight is 301 g/mol. The van der Waals surface area contributed by atoms with Crippen molar-refractivity contribution >= 4 is 5.91 Å². The first-order chi connectivity index (χ1) is 9.86. The second kappa shape index (κ2) is 7.71. The zero-order valence-corrected chi connectivity index (χ0v) is 12.1. The van der Waals surface area contributed by atoms with Crippen molar-refractivity contribution in [2.75, 3.05) is 0 Å². The highest BCUT2D eigenvalue weighted by Crippen LogP contribution is 2.28. The third-order valence-electron chi connectivity index (χ3n) is 2.86. The summed E-state index contributed by atoms with van der Waals surface area (Å²) >= 11 is 0. The fourth-order valence-corrected chi connectivity index (χ4v) is 1.82. The van der Waals surface area contributed by atoms with Gasteiger partial charge in [-0.2, -0.15) is 8.78 Å². The van der Waals surface area contributed by atoms with Crippen LogP contribution in [0.4, 0.5) is 13.2 Å². The molecule has 3 nitrogen and oxygen atoms in total. The van der Waals surface area contributed by atoms with Crippen LogP contribution in [0.15, 0.2) is 35.7 Å². The summed E-state index contributed by atoms with van der Waals surface area (Å²) in [5.41, 5.74) is 0.634. The van der Waals surface area contributed by atoms with Gasteiger partial charge in [0.15, 0.2) is 5.83 Å². The number of halogens is 3. The molecule has 1 amide bonds. The van der Waals surface area contributed by atoms with Crippen molar-refractivity contribution in [2.24, 2.45) is 0 Å². The lowest BCUT2D eigenvalue weighted by Crippen LogP contribution is -2.29. The van der Waals surface area contributed by atoms with Gasteiger partial charge < -0.3 is 10.1 Å². The van der Waals surface area contributed by atoms with Crippen LogP contribution in [-0.2, 0) is 4.79 Å². The van der Waals surface area contributed by atoms with E-state index in [2.05, 4.69) is 10.1 Å². The lowest BCUT2D eigenvalue weighted by atomic mass is 10.0. The molecule has 1 aromatic rings. The molecule has 1 rings (SSSR count). The Balaban J connectivity index is 3.01. The van der Waals surface area contributed by atoms with Gasteiger partial charge in [0.1, 0.15) is 5.75 Å². The van der Waals surface area contributed by atoms with E-state index >= 15 is 0 Å². The van der Waals surface area contributed by atoms with E-state index in [9.17, 15) is 18.0 Å². The summed E-state index contributed by atoms with van der Waals surface area (Å²) in [5, 5.41) is 2.48. The normalized spacial score (nSPS) is 12.0. The second-order valence-electron chi connectivity index (χ2n) is 4.66. The van der Waals surface area contributed by atoms with Crippen molar-refractivity contribution in [1.82, 2.24) is 5.32 Å². The molecule has 1 atom stereocenters. The Bertz CT molecular complexity index is 525. The van der Waals surface area contributed by atoms with Crippen molar-refractivity contribution in [3.8, 4) is 5.75 Å². The van der Waals surface area contributed by atoms with E-state index in [0.717, 1.165) is 0 Å². The fourth-order valence-electron chi connectivity index (χ4n) is 1.82. The number of hydrogen-bond donors (Lipinski definition) is 1. The number of carbonyl (C=O) groups excluding carboxylic acids is 1. The molecule has 21 heavy (non-hydrogen) atoms. The van der Waals surface area contributed by atoms with Gasteiger partial charge in [-0.3, -0.25) is 4.79 Å². The van der Waals surface area contributed by atoms with Gasteiger partial charge in [0, 0.05) is 5.56 Å². The van der Waals surface area contributed by atoms with Crippen LogP contribution in [0.2, 0.25) is 0 Å². The van der Waals surface area contributed by atoms with E-state index in [4.69, 9.17) is 0 Å². The predicted molar refractivity (Wildman–Crippen MR) is 73.7 cm³/mol. The van der Waals surface area contributed by atoms with E-state index in [1.165, 1.54) is 19.9 Å². The van der Waals surface area contributed by atoms with Gasteiger partial charge in [-0.15, -0.1) is 0 Å². The van der Waals surface area contributed by atoms with Crippen molar-refractivity contribution in [3.05, 3.63) is 41.2 Å². The van der Waals surface area contributed by atoms with Crippen LogP contribution in [0.5, 0.6) is 5.75 Å². The Morgan fingerprint density at radius 3 is 2.43 bits per heavy atom. The minimum Gasteiger partial charge on any atom is -0.434 e. The molecule has 0 bridgehead atoms. The lowest BCUT2D eigenvalue weighted by Gasteiger charge is -2.20. The first kappa shape index (κ1) is 17.1. The number of carbonyl (C=O) groups is 1. The molecular formula is C15H18F3NO2. The molecule has 1 aromatic carbocycles. The van der Waals surface area contributed by atoms with E-state index in [1.54, 1.807) is 25.1 Å². The summed E-state index contributed by atoms with van der Waals surface area (Å²) in [6.45, 7) is 1.74. The molecule has 0 aliphatic rings. The molecule has 6 heteroatoms. The summed E-state index contributed by atoms with van der Waals surface area (Å²) in [6.07, 6.45) is 0.408. The van der Waals surface area contributed by atoms with Gasteiger partial charge in [0.05, 0.1) is 6.04 Å². The molecule has 0 fully saturated rings. The molecule has 0 saturated heterocycles. The summed E-state index contributed by atoms with van der Waals surface area (Å²) in [4.78, 5) is 11.7. The molecule has 1 N–H and O–H groups in total. The third-order valence-corrected chi connectivity index (χ3v) is 2.86. The summed E-state index contributed by atoms with van der Waals surface area (Å²) in [6, 6.07) is 5.52. The van der Waals surface area contributed by atoms with Gasteiger partial charge in [-0.1, -0.05) is 25.1 Å². The van der Waals surface area contributed by atoms with E-state index in [-0.39, 0.29) is 11.3 Å². The standard InChI is InChI=1S/C15H18F3NO2/c1-4-11(19-14(20)13(16)9(2)3)10-7-5-6-8-12(10)21-15(17)18/h5-8,11,15H,4H2,1-3H3,(H,19,20). The first-order valence-corrected chi connectivity index (χ1v) is 6.54. The summed E-state index contributed by atoms with van der Waals surface area (Å²) in [5.74, 6) is -1.77. The summed E-state index contributed by atoms with van der Waals surface area (Å²) in [7, 11) is 0. The smallest absolute Gasteiger partial charge is 0.387 e. The lowest BCUT2D eigenvalue weighted by molar-refractivity contribution is -0.119. The van der Waals surface area contributed by atoms with Crippen molar-refractivity contribution in [2.45, 2.75) is 39.8 Å². The molecule has 0 aliphatic carbocycles. The number of benzene rings is 1. The maximum Gasteiger partial charge on any atom is 0.387 e. The molecule has 116 valence electrons. The van der Waals surface area contributed by atoms with E-state index < -0.39 is 24.4 Å². The van der Waals surface area contributed by atoms with E-state index in [1.807, 2.05) is 0 Å². The number of allylic oxidation sites excluding steroid dienone is 1. The van der Waals surface area contributed by atoms with Crippen LogP contribution < -0.4 is 10.1 Å². The highest BCUT2D eigenvalue weighted by molar-refractivity contribution is 5.92. The number of amides is 1. The van der Waals surface area contributed by atoms with E-state index in [0.29, 0.717) is 12.0 Å². The predicted octanol–water partition coefficient (Wildman–Crippen LogP) is 4.12. The average Bonchev–Trinajstić information content (AvgIpc) is 2.43. The minimum atomic E-state index is -2.96. The Morgan fingerprint density at radius 2 is 1.90 bits per heavy atom. The fraction of sp³-hybridized carbons (Fsp3) is 0.400. The molecule has 0 aromatic heterocycles. The van der Waals surface area contributed by atoms with Crippen LogP contribution in [0, 0.1) is 0 Å². The van der Waals surface area contributed by atoms with Crippen LogP contribution in [0.3, 0.4) is 0 Å². The molecule has 0 spiro atoms. The first-order valence-electron chi connectivity index (χ1n) is 6.54. The van der Waals surface area contributed by atoms with Crippen LogP contribution in [0.25, 0.3) is 0 Å². The van der Waals surface area contributed by atoms with Crippen LogP contribution >= 0.6 is 0 Å². The van der Waals surface area contributed by atoms with Crippen molar-refractivity contribution in [3.63, 3.8) is 0 Å². The topological polar surface area (TPSA) is 38.3 Å². The molecular weight excluding hydrogens is 283 g/mol. The SMILES string of the molecule is CCC(NC(=O)C(F)=C(C)C)c1ccccc1OC(F)F. The zero-order chi connectivity index (χ0) is 16.0. The largest absolute Gasteiger partial charge is 0.434 e. The van der Waals surface area contributed by atoms with Gasteiger partial charge >= 0.3 is 6.61 Å². The van der Waals surface area contributed by atoms with Crippen molar-refractivity contribution < 1.29 is 22.7 Å². The number of ether oxygens (including phenoxy) is 1. The number of hydrogen-bond acceptors (Lipinski definition) is 2. The molecule has 0 heterocycles. The van der Waals surface area contributed by atoms with Gasteiger partial charge in [-0.25, -0.2) is 4.39 Å². The Kier molecular flexibility index (Phi) is 6.27. The molecule has 1 unspecified atom stereocenters.